The van der Waals surface area contributed by atoms with Crippen molar-refractivity contribution in [1.29, 1.82) is 0 Å². The minimum absolute atomic E-state index is 0.0337. The molecule has 1 aromatic carbocycles. The van der Waals surface area contributed by atoms with E-state index in [-0.39, 0.29) is 11.7 Å². The Morgan fingerprint density at radius 3 is 3.00 bits per heavy atom. The molecule has 1 saturated heterocycles. The zero-order valence-corrected chi connectivity index (χ0v) is 10.3. The van der Waals surface area contributed by atoms with Gasteiger partial charge in [-0.3, -0.25) is 10.1 Å². The van der Waals surface area contributed by atoms with Gasteiger partial charge < -0.3 is 15.4 Å². The number of morpholine rings is 1. The summed E-state index contributed by atoms with van der Waals surface area (Å²) in [6.07, 6.45) is 0.933. The summed E-state index contributed by atoms with van der Waals surface area (Å²) < 4.78 is 5.43. The van der Waals surface area contributed by atoms with E-state index in [2.05, 4.69) is 11.8 Å². The van der Waals surface area contributed by atoms with E-state index in [4.69, 9.17) is 10.5 Å². The van der Waals surface area contributed by atoms with Gasteiger partial charge in [0.1, 0.15) is 0 Å². The van der Waals surface area contributed by atoms with Crippen molar-refractivity contribution in [2.24, 2.45) is 0 Å². The second-order valence-electron chi connectivity index (χ2n) is 4.37. The van der Waals surface area contributed by atoms with E-state index >= 15 is 0 Å². The maximum atomic E-state index is 10.8. The van der Waals surface area contributed by atoms with Crippen LogP contribution in [-0.4, -0.2) is 30.7 Å². The van der Waals surface area contributed by atoms with E-state index in [0.29, 0.717) is 18.9 Å². The van der Waals surface area contributed by atoms with Crippen LogP contribution in [0, 0.1) is 10.1 Å². The van der Waals surface area contributed by atoms with Gasteiger partial charge in [0.05, 0.1) is 24.2 Å². The van der Waals surface area contributed by atoms with E-state index in [9.17, 15) is 10.1 Å². The second-order valence-corrected chi connectivity index (χ2v) is 4.37. The highest BCUT2D eigenvalue weighted by molar-refractivity contribution is 5.63. The van der Waals surface area contributed by atoms with Gasteiger partial charge in [-0.05, 0) is 12.5 Å². The van der Waals surface area contributed by atoms with Crippen molar-refractivity contribution in [3.05, 3.63) is 28.3 Å². The minimum atomic E-state index is -0.415. The molecule has 1 aliphatic heterocycles. The number of hydrogen-bond acceptors (Lipinski definition) is 5. The topological polar surface area (TPSA) is 81.6 Å². The van der Waals surface area contributed by atoms with E-state index in [0.717, 1.165) is 18.7 Å². The summed E-state index contributed by atoms with van der Waals surface area (Å²) in [5.41, 5.74) is 6.98. The zero-order valence-electron chi connectivity index (χ0n) is 10.3. The summed E-state index contributed by atoms with van der Waals surface area (Å²) >= 11 is 0. The van der Waals surface area contributed by atoms with Crippen molar-refractivity contribution in [1.82, 2.24) is 0 Å². The van der Waals surface area contributed by atoms with Gasteiger partial charge in [0.15, 0.2) is 0 Å². The molecule has 1 heterocycles. The molecule has 1 aromatic rings. The van der Waals surface area contributed by atoms with Crippen molar-refractivity contribution in [2.75, 3.05) is 30.4 Å². The third-order valence-corrected chi connectivity index (χ3v) is 3.17. The number of nitrogen functional groups attached to an aromatic ring is 1. The lowest BCUT2D eigenvalue weighted by Crippen LogP contribution is -2.45. The third-order valence-electron chi connectivity index (χ3n) is 3.17. The van der Waals surface area contributed by atoms with Crippen molar-refractivity contribution in [3.63, 3.8) is 0 Å². The molecule has 0 spiro atoms. The number of hydrogen-bond donors (Lipinski definition) is 1. The summed E-state index contributed by atoms with van der Waals surface area (Å²) in [5.74, 6) is 0. The van der Waals surface area contributed by atoms with E-state index in [1.54, 1.807) is 12.1 Å². The highest BCUT2D eigenvalue weighted by Crippen LogP contribution is 2.28. The molecule has 1 fully saturated rings. The smallest absolute Gasteiger partial charge is 0.273 e. The lowest BCUT2D eigenvalue weighted by molar-refractivity contribution is -0.384. The van der Waals surface area contributed by atoms with Crippen LogP contribution < -0.4 is 10.6 Å². The zero-order chi connectivity index (χ0) is 13.1. The molecular formula is C12H17N3O3. The maximum Gasteiger partial charge on any atom is 0.273 e. The van der Waals surface area contributed by atoms with Gasteiger partial charge in [0.2, 0.25) is 0 Å². The second kappa shape index (κ2) is 5.22. The normalized spacial score (nSPS) is 19.8. The van der Waals surface area contributed by atoms with Gasteiger partial charge in [-0.15, -0.1) is 0 Å². The number of non-ortho nitro benzene ring substituents is 1. The first-order valence-corrected chi connectivity index (χ1v) is 6.01. The van der Waals surface area contributed by atoms with Crippen LogP contribution in [0.5, 0.6) is 0 Å². The summed E-state index contributed by atoms with van der Waals surface area (Å²) in [6.45, 7) is 4.10. The predicted octanol–water partition coefficient (Wildman–Crippen LogP) is 1.79. The van der Waals surface area contributed by atoms with Gasteiger partial charge in [-0.1, -0.05) is 6.92 Å². The summed E-state index contributed by atoms with van der Waals surface area (Å²) in [4.78, 5) is 12.6. The van der Waals surface area contributed by atoms with Gasteiger partial charge in [0.25, 0.3) is 5.69 Å². The Kier molecular flexibility index (Phi) is 3.66. The maximum absolute atomic E-state index is 10.8. The molecule has 0 saturated carbocycles. The molecule has 0 radical (unpaired) electrons. The molecule has 6 heteroatoms. The van der Waals surface area contributed by atoms with Gasteiger partial charge >= 0.3 is 0 Å². The number of nitrogens with two attached hydrogens (primary N) is 1. The largest absolute Gasteiger partial charge is 0.398 e. The Bertz CT molecular complexity index is 450. The monoisotopic (exact) mass is 251 g/mol. The fraction of sp³-hybridized carbons (Fsp3) is 0.500. The number of ether oxygens (including phenoxy) is 1. The molecule has 1 unspecified atom stereocenters. The molecule has 0 aliphatic carbocycles. The molecule has 6 nitrogen and oxygen atoms in total. The van der Waals surface area contributed by atoms with E-state index in [1.807, 2.05) is 0 Å². The van der Waals surface area contributed by atoms with Crippen LogP contribution in [0.25, 0.3) is 0 Å². The first-order valence-electron chi connectivity index (χ1n) is 6.01. The van der Waals surface area contributed by atoms with Crippen LogP contribution in [0.15, 0.2) is 18.2 Å². The van der Waals surface area contributed by atoms with Crippen molar-refractivity contribution >= 4 is 17.1 Å². The van der Waals surface area contributed by atoms with Crippen LogP contribution >= 0.6 is 0 Å². The Labute approximate surface area is 105 Å². The molecule has 2 rings (SSSR count). The van der Waals surface area contributed by atoms with Gasteiger partial charge in [-0.2, -0.15) is 0 Å². The quantitative estimate of drug-likeness (QED) is 0.503. The fourth-order valence-corrected chi connectivity index (χ4v) is 2.22. The Morgan fingerprint density at radius 2 is 2.33 bits per heavy atom. The molecular weight excluding hydrogens is 234 g/mol. The summed E-state index contributed by atoms with van der Waals surface area (Å²) in [7, 11) is 0. The van der Waals surface area contributed by atoms with E-state index < -0.39 is 4.92 Å². The molecule has 2 N–H and O–H groups in total. The van der Waals surface area contributed by atoms with Crippen LogP contribution in [0.2, 0.25) is 0 Å². The first-order chi connectivity index (χ1) is 8.61. The highest BCUT2D eigenvalue weighted by Gasteiger charge is 2.23. The lowest BCUT2D eigenvalue weighted by Gasteiger charge is -2.36. The van der Waals surface area contributed by atoms with Gasteiger partial charge in [-0.25, -0.2) is 0 Å². The molecule has 0 aromatic heterocycles. The fourth-order valence-electron chi connectivity index (χ4n) is 2.22. The molecule has 98 valence electrons. The summed E-state index contributed by atoms with van der Waals surface area (Å²) in [5, 5.41) is 10.8. The van der Waals surface area contributed by atoms with Crippen LogP contribution in [0.4, 0.5) is 17.1 Å². The Morgan fingerprint density at radius 1 is 1.56 bits per heavy atom. The average molecular weight is 251 g/mol. The number of nitrogens with zero attached hydrogens (tertiary/aromatic N) is 2. The molecule has 0 amide bonds. The number of nitro groups is 1. The Hall–Kier alpha value is -1.82. The van der Waals surface area contributed by atoms with Crippen LogP contribution in [-0.2, 0) is 4.74 Å². The Balaban J connectivity index is 2.33. The van der Waals surface area contributed by atoms with Crippen molar-refractivity contribution in [2.45, 2.75) is 19.4 Å². The number of rotatable bonds is 3. The molecule has 1 atom stereocenters. The predicted molar refractivity (Wildman–Crippen MR) is 69.8 cm³/mol. The summed E-state index contributed by atoms with van der Waals surface area (Å²) in [6, 6.07) is 4.98. The average Bonchev–Trinajstić information content (AvgIpc) is 2.38. The molecule has 18 heavy (non-hydrogen) atoms. The van der Waals surface area contributed by atoms with Crippen LogP contribution in [0.1, 0.15) is 13.3 Å². The number of benzene rings is 1. The molecule has 0 bridgehead atoms. The number of nitro benzene ring substituents is 1. The SMILES string of the molecule is CCC1COCCN1c1cc(N)cc([N+](=O)[O-])c1. The van der Waals surface area contributed by atoms with Crippen LogP contribution in [0.3, 0.4) is 0 Å². The van der Waals surface area contributed by atoms with E-state index in [1.165, 1.54) is 6.07 Å². The van der Waals surface area contributed by atoms with Crippen molar-refractivity contribution in [3.8, 4) is 0 Å². The number of anilines is 2. The lowest BCUT2D eigenvalue weighted by atomic mass is 10.1. The van der Waals surface area contributed by atoms with Gasteiger partial charge in [0, 0.05) is 30.1 Å². The molecule has 1 aliphatic rings. The standard InChI is InChI=1S/C12H17N3O3/c1-2-10-8-18-4-3-14(10)11-5-9(13)6-12(7-11)15(16)17/h5-7,10H,2-4,8,13H2,1H3. The first kappa shape index (κ1) is 12.6. The third kappa shape index (κ3) is 2.53. The minimum Gasteiger partial charge on any atom is -0.398 e. The highest BCUT2D eigenvalue weighted by atomic mass is 16.6. The van der Waals surface area contributed by atoms with Crippen molar-refractivity contribution < 1.29 is 9.66 Å².